The van der Waals surface area contributed by atoms with Crippen LogP contribution < -0.4 is 5.56 Å². The summed E-state index contributed by atoms with van der Waals surface area (Å²) in [5, 5.41) is 0.533. The van der Waals surface area contributed by atoms with E-state index in [2.05, 4.69) is 13.5 Å². The second-order valence-electron chi connectivity index (χ2n) is 6.57. The lowest BCUT2D eigenvalue weighted by Crippen LogP contribution is -2.26. The molecule has 132 valence electrons. The maximum Gasteiger partial charge on any atom is 0.265 e. The topological polar surface area (TPSA) is 65.6 Å². The zero-order chi connectivity index (χ0) is 18.4. The van der Waals surface area contributed by atoms with Crippen molar-refractivity contribution < 1.29 is 0 Å². The quantitative estimate of drug-likeness (QED) is 0.527. The highest BCUT2D eigenvalue weighted by molar-refractivity contribution is 6.04. The van der Waals surface area contributed by atoms with E-state index in [-0.39, 0.29) is 11.6 Å². The summed E-state index contributed by atoms with van der Waals surface area (Å²) in [6.45, 7) is 10.3. The Balaban J connectivity index is 2.24. The highest BCUT2D eigenvalue weighted by Crippen LogP contribution is 2.26. The second kappa shape index (κ2) is 6.05. The van der Waals surface area contributed by atoms with Gasteiger partial charge in [0.25, 0.3) is 5.56 Å². The lowest BCUT2D eigenvalue weighted by Gasteiger charge is -2.15. The summed E-state index contributed by atoms with van der Waals surface area (Å²) < 4.78 is 3.68. The molecule has 0 saturated carbocycles. The van der Waals surface area contributed by atoms with E-state index in [4.69, 9.17) is 15.0 Å². The number of nitrogens with zero attached hydrogens (tertiary/aromatic N) is 5. The minimum absolute atomic E-state index is 0.0563. The molecule has 4 aromatic rings. The molecular formula is C20H21N5O. The lowest BCUT2D eigenvalue weighted by atomic mass is 10.2. The standard InChI is InChI=1S/C20H21N5O/c1-5-11-24-18-16(20(26)25(12(3)6-2)13(4)21-18)17-19(24)23-15-10-8-7-9-14(15)22-17/h5,7-10,12H,1,6,11H2,2-4H3/t12-/m0/s1. The highest BCUT2D eigenvalue weighted by atomic mass is 16.1. The maximum absolute atomic E-state index is 13.3. The largest absolute Gasteiger partial charge is 0.304 e. The predicted octanol–water partition coefficient (Wildman–Crippen LogP) is 3.76. The van der Waals surface area contributed by atoms with Crippen molar-refractivity contribution in [3.63, 3.8) is 0 Å². The molecule has 0 N–H and O–H groups in total. The molecule has 0 unspecified atom stereocenters. The van der Waals surface area contributed by atoms with Gasteiger partial charge in [-0.2, -0.15) is 0 Å². The number of aromatic nitrogens is 5. The van der Waals surface area contributed by atoms with Gasteiger partial charge in [0.05, 0.1) is 11.0 Å². The van der Waals surface area contributed by atoms with Gasteiger partial charge in [-0.05, 0) is 32.4 Å². The number of para-hydroxylation sites is 2. The Morgan fingerprint density at radius 2 is 1.85 bits per heavy atom. The molecule has 0 amide bonds. The van der Waals surface area contributed by atoms with Crippen LogP contribution in [0.25, 0.3) is 33.2 Å². The van der Waals surface area contributed by atoms with Gasteiger partial charge in [0, 0.05) is 12.6 Å². The van der Waals surface area contributed by atoms with E-state index in [1.807, 2.05) is 42.7 Å². The van der Waals surface area contributed by atoms with Gasteiger partial charge in [0.2, 0.25) is 0 Å². The summed E-state index contributed by atoms with van der Waals surface area (Å²) in [6.07, 6.45) is 2.64. The van der Waals surface area contributed by atoms with Crippen LogP contribution in [0.4, 0.5) is 0 Å². The van der Waals surface area contributed by atoms with Gasteiger partial charge in [0.1, 0.15) is 16.7 Å². The van der Waals surface area contributed by atoms with E-state index in [0.29, 0.717) is 34.6 Å². The Morgan fingerprint density at radius 1 is 1.15 bits per heavy atom. The summed E-state index contributed by atoms with van der Waals surface area (Å²) in [5.74, 6) is 0.703. The van der Waals surface area contributed by atoms with Crippen molar-refractivity contribution in [1.29, 1.82) is 0 Å². The Morgan fingerprint density at radius 3 is 2.50 bits per heavy atom. The summed E-state index contributed by atoms with van der Waals surface area (Å²) in [4.78, 5) is 27.6. The lowest BCUT2D eigenvalue weighted by molar-refractivity contribution is 0.496. The summed E-state index contributed by atoms with van der Waals surface area (Å²) in [7, 11) is 0. The first-order valence-electron chi connectivity index (χ1n) is 8.85. The van der Waals surface area contributed by atoms with Crippen LogP contribution in [0.5, 0.6) is 0 Å². The van der Waals surface area contributed by atoms with Crippen LogP contribution >= 0.6 is 0 Å². The molecule has 0 radical (unpaired) electrons. The predicted molar refractivity (Wildman–Crippen MR) is 105 cm³/mol. The number of hydrogen-bond donors (Lipinski definition) is 0. The van der Waals surface area contributed by atoms with Crippen LogP contribution in [0, 0.1) is 6.92 Å². The number of rotatable bonds is 4. The van der Waals surface area contributed by atoms with E-state index >= 15 is 0 Å². The molecule has 3 aromatic heterocycles. The first kappa shape index (κ1) is 16.4. The minimum Gasteiger partial charge on any atom is -0.304 e. The zero-order valence-electron chi connectivity index (χ0n) is 15.2. The highest BCUT2D eigenvalue weighted by Gasteiger charge is 2.21. The molecule has 0 aliphatic heterocycles. The van der Waals surface area contributed by atoms with Gasteiger partial charge >= 0.3 is 0 Å². The average Bonchev–Trinajstić information content (AvgIpc) is 2.93. The molecule has 6 nitrogen and oxygen atoms in total. The van der Waals surface area contributed by atoms with Crippen LogP contribution in [0.2, 0.25) is 0 Å². The van der Waals surface area contributed by atoms with Crippen molar-refractivity contribution in [1.82, 2.24) is 24.1 Å². The van der Waals surface area contributed by atoms with Crippen LogP contribution in [0.3, 0.4) is 0 Å². The number of aryl methyl sites for hydroxylation is 1. The van der Waals surface area contributed by atoms with Crippen LogP contribution in [-0.4, -0.2) is 24.1 Å². The molecule has 4 rings (SSSR count). The average molecular weight is 347 g/mol. The van der Waals surface area contributed by atoms with E-state index in [9.17, 15) is 4.79 Å². The molecule has 0 saturated heterocycles. The molecule has 1 aromatic carbocycles. The van der Waals surface area contributed by atoms with Gasteiger partial charge in [-0.25, -0.2) is 15.0 Å². The molecule has 0 aliphatic rings. The Kier molecular flexibility index (Phi) is 3.83. The fraction of sp³-hybridized carbons (Fsp3) is 0.300. The molecule has 0 aliphatic carbocycles. The van der Waals surface area contributed by atoms with Crippen molar-refractivity contribution in [2.45, 2.75) is 39.8 Å². The van der Waals surface area contributed by atoms with Crippen LogP contribution in [-0.2, 0) is 6.54 Å². The van der Waals surface area contributed by atoms with Gasteiger partial charge in [-0.1, -0.05) is 25.1 Å². The molecule has 26 heavy (non-hydrogen) atoms. The van der Waals surface area contributed by atoms with E-state index in [0.717, 1.165) is 17.5 Å². The SMILES string of the molecule is C=CCn1c2nc3ccccc3nc2c2c(=O)n([C@@H](C)CC)c(C)nc21. The second-order valence-corrected chi connectivity index (χ2v) is 6.57. The number of fused-ring (bicyclic) bond motifs is 4. The molecule has 0 spiro atoms. The van der Waals surface area contributed by atoms with Crippen LogP contribution in [0.15, 0.2) is 41.7 Å². The maximum atomic E-state index is 13.3. The molecule has 0 fully saturated rings. The fourth-order valence-electron chi connectivity index (χ4n) is 3.48. The zero-order valence-corrected chi connectivity index (χ0v) is 15.2. The first-order valence-corrected chi connectivity index (χ1v) is 8.85. The van der Waals surface area contributed by atoms with Crippen molar-refractivity contribution in [2.24, 2.45) is 0 Å². The summed E-state index contributed by atoms with van der Waals surface area (Å²) >= 11 is 0. The molecule has 6 heteroatoms. The number of allylic oxidation sites excluding steroid dienone is 1. The van der Waals surface area contributed by atoms with Gasteiger partial charge < -0.3 is 4.57 Å². The van der Waals surface area contributed by atoms with Gasteiger partial charge in [0.15, 0.2) is 11.3 Å². The van der Waals surface area contributed by atoms with E-state index in [1.54, 1.807) is 10.6 Å². The Labute approximate surface area is 150 Å². The van der Waals surface area contributed by atoms with E-state index < -0.39 is 0 Å². The molecular weight excluding hydrogens is 326 g/mol. The van der Waals surface area contributed by atoms with Crippen LogP contribution in [0.1, 0.15) is 32.1 Å². The smallest absolute Gasteiger partial charge is 0.265 e. The monoisotopic (exact) mass is 347 g/mol. The van der Waals surface area contributed by atoms with Crippen molar-refractivity contribution in [3.05, 3.63) is 53.1 Å². The molecule has 1 atom stereocenters. The molecule has 3 heterocycles. The third-order valence-corrected chi connectivity index (χ3v) is 4.92. The third kappa shape index (κ3) is 2.25. The van der Waals surface area contributed by atoms with Gasteiger partial charge in [-0.15, -0.1) is 6.58 Å². The fourth-order valence-corrected chi connectivity index (χ4v) is 3.48. The Hall–Kier alpha value is -3.02. The third-order valence-electron chi connectivity index (χ3n) is 4.92. The summed E-state index contributed by atoms with van der Waals surface area (Å²) in [5.41, 5.74) is 3.41. The van der Waals surface area contributed by atoms with Crippen molar-refractivity contribution in [3.8, 4) is 0 Å². The number of benzene rings is 1. The van der Waals surface area contributed by atoms with Crippen molar-refractivity contribution in [2.75, 3.05) is 0 Å². The van der Waals surface area contributed by atoms with E-state index in [1.165, 1.54) is 0 Å². The minimum atomic E-state index is -0.0563. The number of hydrogen-bond acceptors (Lipinski definition) is 4. The normalized spacial score (nSPS) is 12.9. The van der Waals surface area contributed by atoms with Crippen molar-refractivity contribution >= 4 is 33.2 Å². The Bertz CT molecular complexity index is 1220. The summed E-state index contributed by atoms with van der Waals surface area (Å²) in [6, 6.07) is 7.76. The van der Waals surface area contributed by atoms with Gasteiger partial charge in [-0.3, -0.25) is 9.36 Å². The molecule has 0 bridgehead atoms. The first-order chi connectivity index (χ1) is 12.6.